The van der Waals surface area contributed by atoms with Crippen molar-refractivity contribution in [3.63, 3.8) is 0 Å². The third-order valence-electron chi connectivity index (χ3n) is 1.76. The van der Waals surface area contributed by atoms with Crippen molar-refractivity contribution in [3.8, 4) is 0 Å². The van der Waals surface area contributed by atoms with Crippen molar-refractivity contribution in [1.29, 1.82) is 0 Å². The highest BCUT2D eigenvalue weighted by Gasteiger charge is 2.17. The number of urea groups is 1. The summed E-state index contributed by atoms with van der Waals surface area (Å²) in [5.41, 5.74) is 10.1. The maximum atomic E-state index is 11.3. The van der Waals surface area contributed by atoms with Gasteiger partial charge in [-0.25, -0.2) is 14.5 Å². The molecule has 1 aromatic rings. The van der Waals surface area contributed by atoms with Crippen LogP contribution in [0.5, 0.6) is 0 Å². The van der Waals surface area contributed by atoms with E-state index in [1.54, 1.807) is 6.92 Å². The molecule has 0 bridgehead atoms. The van der Waals surface area contributed by atoms with Crippen molar-refractivity contribution in [2.24, 2.45) is 11.5 Å². The van der Waals surface area contributed by atoms with Gasteiger partial charge in [0.05, 0.1) is 6.54 Å². The lowest BCUT2D eigenvalue weighted by molar-refractivity contribution is -0.122. The van der Waals surface area contributed by atoms with Gasteiger partial charge in [0.2, 0.25) is 0 Å². The van der Waals surface area contributed by atoms with Gasteiger partial charge in [-0.3, -0.25) is 10.1 Å². The van der Waals surface area contributed by atoms with Gasteiger partial charge in [0.15, 0.2) is 5.82 Å². The normalized spacial score (nSPS) is 12.1. The topological polar surface area (TPSA) is 129 Å². The van der Waals surface area contributed by atoms with Crippen molar-refractivity contribution in [2.75, 3.05) is 0 Å². The van der Waals surface area contributed by atoms with E-state index >= 15 is 0 Å². The highest BCUT2D eigenvalue weighted by atomic mass is 16.2. The Morgan fingerprint density at radius 2 is 2.33 bits per heavy atom. The van der Waals surface area contributed by atoms with Gasteiger partial charge in [0.25, 0.3) is 5.91 Å². The molecule has 5 N–H and O–H groups in total. The van der Waals surface area contributed by atoms with Crippen LogP contribution in [0.25, 0.3) is 0 Å². The van der Waals surface area contributed by atoms with E-state index in [2.05, 4.69) is 10.1 Å². The second kappa shape index (κ2) is 4.51. The highest BCUT2D eigenvalue weighted by molar-refractivity contribution is 5.95. The number of carbonyl (C=O) groups is 2. The number of amides is 3. The van der Waals surface area contributed by atoms with Crippen LogP contribution in [0.4, 0.5) is 4.79 Å². The van der Waals surface area contributed by atoms with E-state index in [0.29, 0.717) is 5.82 Å². The van der Waals surface area contributed by atoms with E-state index in [0.717, 1.165) is 0 Å². The number of nitrogens with two attached hydrogens (primary N) is 2. The smallest absolute Gasteiger partial charge is 0.318 e. The number of carbonyl (C=O) groups excluding carboxylic acids is 2. The Labute approximate surface area is 85.6 Å². The van der Waals surface area contributed by atoms with Gasteiger partial charge in [0, 0.05) is 0 Å². The third kappa shape index (κ3) is 2.74. The molecule has 0 saturated heterocycles. The zero-order valence-corrected chi connectivity index (χ0v) is 8.17. The largest absolute Gasteiger partial charge is 0.351 e. The molecule has 1 aromatic heterocycles. The Hall–Kier alpha value is -1.96. The van der Waals surface area contributed by atoms with Gasteiger partial charge >= 0.3 is 6.03 Å². The number of imide groups is 1. The van der Waals surface area contributed by atoms with Crippen LogP contribution in [-0.4, -0.2) is 26.7 Å². The SMILES string of the molecule is CC(C(=O)NC(N)=O)n1cnc(CN)n1. The fraction of sp³-hybridized carbons (Fsp3) is 0.429. The summed E-state index contributed by atoms with van der Waals surface area (Å²) in [6, 6.07) is -1.56. The quantitative estimate of drug-likeness (QED) is 0.561. The van der Waals surface area contributed by atoms with Crippen LogP contribution in [0.2, 0.25) is 0 Å². The summed E-state index contributed by atoms with van der Waals surface area (Å²) in [6.45, 7) is 1.75. The van der Waals surface area contributed by atoms with Crippen molar-refractivity contribution in [1.82, 2.24) is 20.1 Å². The first-order valence-corrected chi connectivity index (χ1v) is 4.25. The van der Waals surface area contributed by atoms with Crippen LogP contribution in [0.15, 0.2) is 6.33 Å². The van der Waals surface area contributed by atoms with Crippen LogP contribution >= 0.6 is 0 Å². The lowest BCUT2D eigenvalue weighted by Crippen LogP contribution is -2.39. The highest BCUT2D eigenvalue weighted by Crippen LogP contribution is 2.02. The van der Waals surface area contributed by atoms with Gasteiger partial charge in [-0.15, -0.1) is 0 Å². The zero-order valence-electron chi connectivity index (χ0n) is 8.17. The fourth-order valence-electron chi connectivity index (χ4n) is 0.937. The number of aromatic nitrogens is 3. The molecule has 0 radical (unpaired) electrons. The average molecular weight is 212 g/mol. The molecule has 8 nitrogen and oxygen atoms in total. The molecule has 1 unspecified atom stereocenters. The Balaban J connectivity index is 2.71. The summed E-state index contributed by atoms with van der Waals surface area (Å²) < 4.78 is 1.31. The number of primary amides is 1. The second-order valence-corrected chi connectivity index (χ2v) is 2.87. The predicted octanol–water partition coefficient (Wildman–Crippen LogP) is -1.51. The average Bonchev–Trinajstić information content (AvgIpc) is 2.63. The Bertz CT molecular complexity index is 373. The molecule has 1 rings (SSSR count). The first-order chi connectivity index (χ1) is 7.04. The van der Waals surface area contributed by atoms with E-state index in [4.69, 9.17) is 11.5 Å². The molecule has 3 amide bonds. The van der Waals surface area contributed by atoms with Crippen LogP contribution in [0, 0.1) is 0 Å². The standard InChI is InChI=1S/C7H12N6O2/c1-4(6(14)11-7(9)15)13-3-10-5(2-8)12-13/h3-4H,2,8H2,1H3,(H3,9,11,14,15). The molecular formula is C7H12N6O2. The van der Waals surface area contributed by atoms with E-state index in [9.17, 15) is 9.59 Å². The zero-order chi connectivity index (χ0) is 11.4. The molecule has 1 heterocycles. The van der Waals surface area contributed by atoms with Gasteiger partial charge in [-0.05, 0) is 6.92 Å². The molecule has 0 spiro atoms. The number of rotatable bonds is 3. The van der Waals surface area contributed by atoms with Gasteiger partial charge in [-0.1, -0.05) is 0 Å². The molecule has 82 valence electrons. The fourth-order valence-corrected chi connectivity index (χ4v) is 0.937. The molecular weight excluding hydrogens is 200 g/mol. The number of hydrogen-bond acceptors (Lipinski definition) is 5. The number of nitrogens with zero attached hydrogens (tertiary/aromatic N) is 3. The molecule has 0 saturated carbocycles. The maximum absolute atomic E-state index is 11.3. The summed E-state index contributed by atoms with van der Waals surface area (Å²) in [7, 11) is 0. The molecule has 0 fully saturated rings. The first kappa shape index (κ1) is 11.1. The molecule has 0 aliphatic rings. The van der Waals surface area contributed by atoms with E-state index in [1.165, 1.54) is 11.0 Å². The van der Waals surface area contributed by atoms with Crippen molar-refractivity contribution in [3.05, 3.63) is 12.2 Å². The van der Waals surface area contributed by atoms with Crippen molar-refractivity contribution in [2.45, 2.75) is 19.5 Å². The number of nitrogens with one attached hydrogen (secondary N) is 1. The summed E-state index contributed by atoms with van der Waals surface area (Å²) in [5, 5.41) is 5.87. The van der Waals surface area contributed by atoms with Gasteiger partial charge in [-0.2, -0.15) is 5.10 Å². The monoisotopic (exact) mass is 212 g/mol. The Morgan fingerprint density at radius 3 is 2.80 bits per heavy atom. The Morgan fingerprint density at radius 1 is 1.67 bits per heavy atom. The number of hydrogen-bond donors (Lipinski definition) is 3. The lowest BCUT2D eigenvalue weighted by atomic mass is 10.3. The minimum absolute atomic E-state index is 0.192. The maximum Gasteiger partial charge on any atom is 0.318 e. The molecule has 0 aliphatic carbocycles. The minimum atomic E-state index is -0.897. The molecule has 8 heteroatoms. The third-order valence-corrected chi connectivity index (χ3v) is 1.76. The second-order valence-electron chi connectivity index (χ2n) is 2.87. The van der Waals surface area contributed by atoms with Crippen LogP contribution in [-0.2, 0) is 11.3 Å². The summed E-state index contributed by atoms with van der Waals surface area (Å²) in [4.78, 5) is 25.6. The lowest BCUT2D eigenvalue weighted by Gasteiger charge is -2.09. The molecule has 0 aliphatic heterocycles. The van der Waals surface area contributed by atoms with Gasteiger partial charge in [0.1, 0.15) is 12.4 Å². The van der Waals surface area contributed by atoms with Crippen molar-refractivity contribution >= 4 is 11.9 Å². The first-order valence-electron chi connectivity index (χ1n) is 4.25. The van der Waals surface area contributed by atoms with Gasteiger partial charge < -0.3 is 11.5 Å². The molecule has 15 heavy (non-hydrogen) atoms. The minimum Gasteiger partial charge on any atom is -0.351 e. The van der Waals surface area contributed by atoms with E-state index in [1.807, 2.05) is 5.32 Å². The van der Waals surface area contributed by atoms with E-state index < -0.39 is 18.0 Å². The summed E-state index contributed by atoms with van der Waals surface area (Å²) in [6.07, 6.45) is 1.37. The van der Waals surface area contributed by atoms with Crippen LogP contribution in [0.1, 0.15) is 18.8 Å². The predicted molar refractivity (Wildman–Crippen MR) is 50.4 cm³/mol. The van der Waals surface area contributed by atoms with E-state index in [-0.39, 0.29) is 6.54 Å². The van der Waals surface area contributed by atoms with Crippen molar-refractivity contribution < 1.29 is 9.59 Å². The van der Waals surface area contributed by atoms with Crippen LogP contribution < -0.4 is 16.8 Å². The van der Waals surface area contributed by atoms with Crippen LogP contribution in [0.3, 0.4) is 0 Å². The Kier molecular flexibility index (Phi) is 3.34. The summed E-state index contributed by atoms with van der Waals surface area (Å²) >= 11 is 0. The summed E-state index contributed by atoms with van der Waals surface area (Å²) in [5.74, 6) is -0.121. The molecule has 0 aromatic carbocycles. The molecule has 1 atom stereocenters.